The molecule has 0 aromatic heterocycles. The van der Waals surface area contributed by atoms with Crippen LogP contribution in [0.3, 0.4) is 0 Å². The molecule has 0 aliphatic carbocycles. The standard InChI is InChI=1S/C40H37N3O3S/c1-27(2)30-20-18-29(19-21-30)26-36(43-38(44)32-15-8-5-9-16-32)39(45)41-33-22-24-34(25-23-33)47-37(31-13-6-4-7-14-31)40(46)42-35-17-11-10-12-28(35)3/h4-27,37H,1-3H3,(H,41,45)(H,42,46)(H,43,44)/b36-26-. The molecule has 0 saturated carbocycles. The predicted octanol–water partition coefficient (Wildman–Crippen LogP) is 9.00. The first-order valence-electron chi connectivity index (χ1n) is 15.4. The van der Waals surface area contributed by atoms with Crippen LogP contribution in [0.1, 0.15) is 57.6 Å². The van der Waals surface area contributed by atoms with Gasteiger partial charge in [0.1, 0.15) is 10.9 Å². The second kappa shape index (κ2) is 15.7. The Balaban J connectivity index is 1.33. The van der Waals surface area contributed by atoms with E-state index >= 15 is 0 Å². The number of hydrogen-bond acceptors (Lipinski definition) is 4. The SMILES string of the molecule is Cc1ccccc1NC(=O)C(Sc1ccc(NC(=O)/C(=C/c2ccc(C(C)C)cc2)NC(=O)c2ccccc2)cc1)c1ccccc1. The maximum absolute atomic E-state index is 13.5. The van der Waals surface area contributed by atoms with E-state index in [1.54, 1.807) is 42.5 Å². The normalized spacial score (nSPS) is 11.9. The molecule has 5 rings (SSSR count). The van der Waals surface area contributed by atoms with Crippen molar-refractivity contribution in [1.29, 1.82) is 0 Å². The smallest absolute Gasteiger partial charge is 0.272 e. The van der Waals surface area contributed by atoms with Crippen molar-refractivity contribution >= 4 is 46.9 Å². The minimum absolute atomic E-state index is 0.117. The first kappa shape index (κ1) is 33.0. The number of amides is 3. The molecule has 3 N–H and O–H groups in total. The Bertz CT molecular complexity index is 1850. The summed E-state index contributed by atoms with van der Waals surface area (Å²) in [4.78, 5) is 41.0. The van der Waals surface area contributed by atoms with Gasteiger partial charge >= 0.3 is 0 Å². The van der Waals surface area contributed by atoms with Crippen LogP contribution in [0.5, 0.6) is 0 Å². The van der Waals surface area contributed by atoms with Gasteiger partial charge in [0.2, 0.25) is 5.91 Å². The number of rotatable bonds is 11. The number of carbonyl (C=O) groups is 3. The molecule has 0 saturated heterocycles. The molecule has 0 bridgehead atoms. The third-order valence-corrected chi connectivity index (χ3v) is 8.82. The van der Waals surface area contributed by atoms with E-state index in [0.29, 0.717) is 17.2 Å². The van der Waals surface area contributed by atoms with Gasteiger partial charge in [0.25, 0.3) is 11.8 Å². The van der Waals surface area contributed by atoms with Crippen molar-refractivity contribution in [2.24, 2.45) is 0 Å². The fraction of sp³-hybridized carbons (Fsp3) is 0.125. The zero-order chi connectivity index (χ0) is 33.2. The van der Waals surface area contributed by atoms with Gasteiger partial charge < -0.3 is 16.0 Å². The summed E-state index contributed by atoms with van der Waals surface area (Å²) in [5, 5.41) is 8.28. The van der Waals surface area contributed by atoms with Gasteiger partial charge in [-0.05, 0) is 83.6 Å². The number of carbonyl (C=O) groups excluding carboxylic acids is 3. The quantitative estimate of drug-likeness (QED) is 0.0995. The van der Waals surface area contributed by atoms with Crippen molar-refractivity contribution in [2.75, 3.05) is 10.6 Å². The second-order valence-corrected chi connectivity index (χ2v) is 12.6. The van der Waals surface area contributed by atoms with Crippen LogP contribution in [0.15, 0.2) is 144 Å². The Kier molecular flexibility index (Phi) is 11.0. The molecule has 6 nitrogen and oxygen atoms in total. The zero-order valence-corrected chi connectivity index (χ0v) is 27.4. The lowest BCUT2D eigenvalue weighted by molar-refractivity contribution is -0.116. The molecule has 0 fully saturated rings. The maximum Gasteiger partial charge on any atom is 0.272 e. The maximum atomic E-state index is 13.5. The fourth-order valence-corrected chi connectivity index (χ4v) is 5.87. The minimum Gasteiger partial charge on any atom is -0.325 e. The highest BCUT2D eigenvalue weighted by Crippen LogP contribution is 2.37. The van der Waals surface area contributed by atoms with Crippen LogP contribution in [0.2, 0.25) is 0 Å². The Morgan fingerprint density at radius 1 is 0.660 bits per heavy atom. The van der Waals surface area contributed by atoms with Gasteiger partial charge in [-0.15, -0.1) is 11.8 Å². The van der Waals surface area contributed by atoms with Crippen molar-refractivity contribution in [3.05, 3.63) is 167 Å². The number of benzene rings is 5. The van der Waals surface area contributed by atoms with Crippen LogP contribution < -0.4 is 16.0 Å². The summed E-state index contributed by atoms with van der Waals surface area (Å²) in [6.07, 6.45) is 1.67. The summed E-state index contributed by atoms with van der Waals surface area (Å²) >= 11 is 1.43. The van der Waals surface area contributed by atoms with Crippen molar-refractivity contribution < 1.29 is 14.4 Å². The second-order valence-electron chi connectivity index (χ2n) is 11.4. The van der Waals surface area contributed by atoms with Gasteiger partial charge in [0.05, 0.1) is 0 Å². The van der Waals surface area contributed by atoms with Crippen molar-refractivity contribution in [3.8, 4) is 0 Å². The zero-order valence-electron chi connectivity index (χ0n) is 26.6. The number of hydrogen-bond donors (Lipinski definition) is 3. The molecule has 236 valence electrons. The average Bonchev–Trinajstić information content (AvgIpc) is 3.09. The molecule has 7 heteroatoms. The van der Waals surface area contributed by atoms with E-state index in [9.17, 15) is 14.4 Å². The lowest BCUT2D eigenvalue weighted by atomic mass is 10.0. The summed E-state index contributed by atoms with van der Waals surface area (Å²) in [7, 11) is 0. The Morgan fingerprint density at radius 3 is 1.91 bits per heavy atom. The van der Waals surface area contributed by atoms with Crippen LogP contribution in [0.4, 0.5) is 11.4 Å². The molecular weight excluding hydrogens is 603 g/mol. The molecule has 0 heterocycles. The van der Waals surface area contributed by atoms with E-state index in [1.165, 1.54) is 17.3 Å². The Hall–Kier alpha value is -5.40. The fourth-order valence-electron chi connectivity index (χ4n) is 4.85. The highest BCUT2D eigenvalue weighted by Gasteiger charge is 2.23. The minimum atomic E-state index is -0.499. The topological polar surface area (TPSA) is 87.3 Å². The molecule has 5 aromatic rings. The molecule has 0 spiro atoms. The van der Waals surface area contributed by atoms with Crippen LogP contribution in [-0.2, 0) is 9.59 Å². The number of aryl methyl sites for hydroxylation is 1. The molecular formula is C40H37N3O3S. The van der Waals surface area contributed by atoms with E-state index in [4.69, 9.17) is 0 Å². The molecule has 5 aromatic carbocycles. The number of thioether (sulfide) groups is 1. The number of nitrogens with one attached hydrogen (secondary N) is 3. The van der Waals surface area contributed by atoms with E-state index in [-0.39, 0.29) is 17.5 Å². The first-order chi connectivity index (χ1) is 22.8. The van der Waals surface area contributed by atoms with Gasteiger partial charge in [-0.3, -0.25) is 14.4 Å². The van der Waals surface area contributed by atoms with Gasteiger partial charge in [0.15, 0.2) is 0 Å². The van der Waals surface area contributed by atoms with E-state index in [0.717, 1.165) is 27.3 Å². The Morgan fingerprint density at radius 2 is 1.28 bits per heavy atom. The van der Waals surface area contributed by atoms with Crippen LogP contribution >= 0.6 is 11.8 Å². The molecule has 1 unspecified atom stereocenters. The van der Waals surface area contributed by atoms with Crippen LogP contribution in [0, 0.1) is 6.92 Å². The van der Waals surface area contributed by atoms with Crippen molar-refractivity contribution in [2.45, 2.75) is 36.8 Å². The van der Waals surface area contributed by atoms with Crippen molar-refractivity contribution in [1.82, 2.24) is 5.32 Å². The molecule has 1 atom stereocenters. The highest BCUT2D eigenvalue weighted by atomic mass is 32.2. The van der Waals surface area contributed by atoms with E-state index in [1.807, 2.05) is 104 Å². The summed E-state index contributed by atoms with van der Waals surface area (Å²) in [5.74, 6) is -0.589. The van der Waals surface area contributed by atoms with E-state index < -0.39 is 11.2 Å². The first-order valence-corrected chi connectivity index (χ1v) is 16.3. The third-order valence-electron chi connectivity index (χ3n) is 7.55. The average molecular weight is 640 g/mol. The van der Waals surface area contributed by atoms with Crippen molar-refractivity contribution in [3.63, 3.8) is 0 Å². The molecule has 0 aliphatic heterocycles. The predicted molar refractivity (Wildman–Crippen MR) is 192 cm³/mol. The summed E-state index contributed by atoms with van der Waals surface area (Å²) < 4.78 is 0. The molecule has 3 amide bonds. The molecule has 47 heavy (non-hydrogen) atoms. The van der Waals surface area contributed by atoms with Crippen LogP contribution in [0.25, 0.3) is 6.08 Å². The van der Waals surface area contributed by atoms with Gasteiger partial charge in [-0.25, -0.2) is 0 Å². The van der Waals surface area contributed by atoms with Gasteiger partial charge in [-0.2, -0.15) is 0 Å². The Labute approximate surface area is 280 Å². The lowest BCUT2D eigenvalue weighted by Crippen LogP contribution is -2.30. The van der Waals surface area contributed by atoms with Crippen LogP contribution in [-0.4, -0.2) is 17.7 Å². The number of para-hydroxylation sites is 1. The third kappa shape index (κ3) is 9.08. The van der Waals surface area contributed by atoms with Gasteiger partial charge in [-0.1, -0.05) is 105 Å². The summed E-state index contributed by atoms with van der Waals surface area (Å²) in [5.41, 5.74) is 5.72. The number of anilines is 2. The summed E-state index contributed by atoms with van der Waals surface area (Å²) in [6, 6.07) is 41.3. The molecule has 0 aliphatic rings. The monoisotopic (exact) mass is 639 g/mol. The highest BCUT2D eigenvalue weighted by molar-refractivity contribution is 8.00. The summed E-state index contributed by atoms with van der Waals surface area (Å²) in [6.45, 7) is 6.20. The molecule has 0 radical (unpaired) electrons. The van der Waals surface area contributed by atoms with Gasteiger partial charge in [0, 0.05) is 21.8 Å². The lowest BCUT2D eigenvalue weighted by Gasteiger charge is -2.18. The van der Waals surface area contributed by atoms with E-state index in [2.05, 4.69) is 29.8 Å². The largest absolute Gasteiger partial charge is 0.325 e.